The number of sulfone groups is 1. The summed E-state index contributed by atoms with van der Waals surface area (Å²) in [5, 5.41) is 0. The van der Waals surface area contributed by atoms with E-state index in [9.17, 15) is 18.0 Å². The van der Waals surface area contributed by atoms with Crippen LogP contribution in [0.5, 0.6) is 0 Å². The maximum Gasteiger partial charge on any atom is 0.225 e. The lowest BCUT2D eigenvalue weighted by Crippen LogP contribution is -2.56. The summed E-state index contributed by atoms with van der Waals surface area (Å²) in [5.41, 5.74) is 0.0607. The van der Waals surface area contributed by atoms with Gasteiger partial charge in [0, 0.05) is 43.4 Å². The Morgan fingerprint density at radius 3 is 2.44 bits per heavy atom. The number of rotatable bonds is 2. The van der Waals surface area contributed by atoms with Crippen molar-refractivity contribution in [1.82, 2.24) is 9.80 Å². The Balaban J connectivity index is 1.42. The predicted molar refractivity (Wildman–Crippen MR) is 93.6 cm³/mol. The van der Waals surface area contributed by atoms with Crippen molar-refractivity contribution in [3.05, 3.63) is 0 Å². The van der Waals surface area contributed by atoms with E-state index in [4.69, 9.17) is 0 Å². The van der Waals surface area contributed by atoms with E-state index in [0.717, 1.165) is 51.7 Å². The molecule has 3 heterocycles. The molecular weight excluding hydrogens is 340 g/mol. The van der Waals surface area contributed by atoms with E-state index in [2.05, 4.69) is 4.90 Å². The van der Waals surface area contributed by atoms with Gasteiger partial charge in [0.25, 0.3) is 0 Å². The van der Waals surface area contributed by atoms with Crippen molar-refractivity contribution in [3.63, 3.8) is 0 Å². The van der Waals surface area contributed by atoms with Crippen molar-refractivity contribution in [3.8, 4) is 0 Å². The summed E-state index contributed by atoms with van der Waals surface area (Å²) in [6.07, 6.45) is 6.77. The van der Waals surface area contributed by atoms with Gasteiger partial charge in [-0.1, -0.05) is 0 Å². The molecule has 1 unspecified atom stereocenters. The number of carbonyl (C=O) groups is 2. The lowest BCUT2D eigenvalue weighted by atomic mass is 9.73. The molecule has 4 aliphatic rings. The van der Waals surface area contributed by atoms with Crippen LogP contribution >= 0.6 is 0 Å². The second-order valence-corrected chi connectivity index (χ2v) is 10.8. The molecule has 0 aromatic heterocycles. The summed E-state index contributed by atoms with van der Waals surface area (Å²) in [6, 6.07) is 0.444. The Labute approximate surface area is 149 Å². The monoisotopic (exact) mass is 368 g/mol. The summed E-state index contributed by atoms with van der Waals surface area (Å²) in [6.45, 7) is 2.33. The fraction of sp³-hybridized carbons (Fsp3) is 0.889. The van der Waals surface area contributed by atoms with Crippen LogP contribution in [0.4, 0.5) is 0 Å². The van der Waals surface area contributed by atoms with Crippen molar-refractivity contribution in [1.29, 1.82) is 0 Å². The molecule has 7 heteroatoms. The molecule has 140 valence electrons. The lowest BCUT2D eigenvalue weighted by Gasteiger charge is -2.49. The van der Waals surface area contributed by atoms with E-state index in [0.29, 0.717) is 25.3 Å². The van der Waals surface area contributed by atoms with Crippen LogP contribution in [0.2, 0.25) is 0 Å². The second-order valence-electron chi connectivity index (χ2n) is 8.54. The number of hydrogen-bond acceptors (Lipinski definition) is 4. The first-order valence-electron chi connectivity index (χ1n) is 9.66. The molecule has 1 aliphatic carbocycles. The van der Waals surface area contributed by atoms with Gasteiger partial charge in [-0.2, -0.15) is 0 Å². The zero-order valence-corrected chi connectivity index (χ0v) is 15.6. The predicted octanol–water partition coefficient (Wildman–Crippen LogP) is 1.20. The Kier molecular flexibility index (Phi) is 4.33. The second kappa shape index (κ2) is 6.25. The number of likely N-dealkylation sites (tertiary alicyclic amines) is 2. The first kappa shape index (κ1) is 17.3. The molecule has 4 fully saturated rings. The molecule has 0 aromatic carbocycles. The molecule has 1 atom stereocenters. The van der Waals surface area contributed by atoms with Crippen LogP contribution in [0.25, 0.3) is 0 Å². The van der Waals surface area contributed by atoms with E-state index in [1.807, 2.05) is 4.90 Å². The molecule has 0 bridgehead atoms. The first-order chi connectivity index (χ1) is 11.9. The number of piperidine rings is 2. The molecule has 2 amide bonds. The van der Waals surface area contributed by atoms with Crippen LogP contribution in [0.15, 0.2) is 0 Å². The third-order valence-electron chi connectivity index (χ3n) is 6.56. The molecule has 3 saturated heterocycles. The van der Waals surface area contributed by atoms with Gasteiger partial charge in [0.1, 0.15) is 9.84 Å². The summed E-state index contributed by atoms with van der Waals surface area (Å²) >= 11 is 0. The van der Waals surface area contributed by atoms with Crippen LogP contribution in [-0.4, -0.2) is 67.2 Å². The Morgan fingerprint density at radius 2 is 1.76 bits per heavy atom. The van der Waals surface area contributed by atoms with Crippen LogP contribution in [0, 0.1) is 11.3 Å². The molecule has 1 spiro atoms. The van der Waals surface area contributed by atoms with Crippen molar-refractivity contribution < 1.29 is 18.0 Å². The minimum Gasteiger partial charge on any atom is -0.342 e. The maximum absolute atomic E-state index is 12.9. The van der Waals surface area contributed by atoms with Crippen molar-refractivity contribution in [2.45, 2.75) is 57.4 Å². The number of amides is 2. The molecule has 4 rings (SSSR count). The number of nitrogens with zero attached hydrogens (tertiary/aromatic N) is 2. The normalized spacial score (nSPS) is 33.7. The van der Waals surface area contributed by atoms with Gasteiger partial charge in [0.2, 0.25) is 11.8 Å². The van der Waals surface area contributed by atoms with Gasteiger partial charge in [-0.15, -0.1) is 0 Å². The highest BCUT2D eigenvalue weighted by Gasteiger charge is 2.47. The van der Waals surface area contributed by atoms with Gasteiger partial charge in [0.15, 0.2) is 0 Å². The molecule has 25 heavy (non-hydrogen) atoms. The fourth-order valence-electron chi connectivity index (χ4n) is 4.89. The van der Waals surface area contributed by atoms with E-state index in [-0.39, 0.29) is 34.7 Å². The highest BCUT2D eigenvalue weighted by Crippen LogP contribution is 2.42. The van der Waals surface area contributed by atoms with Crippen LogP contribution in [0.3, 0.4) is 0 Å². The molecule has 0 N–H and O–H groups in total. The van der Waals surface area contributed by atoms with Crippen molar-refractivity contribution in [2.24, 2.45) is 11.3 Å². The molecule has 0 radical (unpaired) electrons. The minimum atomic E-state index is -2.94. The smallest absolute Gasteiger partial charge is 0.225 e. The summed E-state index contributed by atoms with van der Waals surface area (Å²) in [4.78, 5) is 29.2. The highest BCUT2D eigenvalue weighted by atomic mass is 32.2. The van der Waals surface area contributed by atoms with E-state index >= 15 is 0 Å². The SMILES string of the molecule is O=C(C1CCS(=O)(=O)CC1)N1CCCC2(CCC(=O)N(C3CC3)C2)C1. The molecule has 1 saturated carbocycles. The van der Waals surface area contributed by atoms with E-state index in [1.165, 1.54) is 0 Å². The van der Waals surface area contributed by atoms with Gasteiger partial charge in [-0.25, -0.2) is 8.42 Å². The molecular formula is C18H28N2O4S. The van der Waals surface area contributed by atoms with Gasteiger partial charge in [-0.05, 0) is 44.9 Å². The third kappa shape index (κ3) is 3.57. The minimum absolute atomic E-state index is 0.0607. The molecule has 3 aliphatic heterocycles. The topological polar surface area (TPSA) is 74.8 Å². The van der Waals surface area contributed by atoms with Gasteiger partial charge in [-0.3, -0.25) is 9.59 Å². The van der Waals surface area contributed by atoms with E-state index in [1.54, 1.807) is 0 Å². The lowest BCUT2D eigenvalue weighted by molar-refractivity contribution is -0.145. The standard InChI is InChI=1S/C18H28N2O4S/c21-16-4-8-18(13-20(16)15-2-3-15)7-1-9-19(12-18)17(22)14-5-10-25(23,24)11-6-14/h14-15H,1-13H2. The van der Waals surface area contributed by atoms with Gasteiger partial charge in [0.05, 0.1) is 11.5 Å². The first-order valence-corrected chi connectivity index (χ1v) is 11.5. The fourth-order valence-corrected chi connectivity index (χ4v) is 6.38. The summed E-state index contributed by atoms with van der Waals surface area (Å²) in [7, 11) is -2.94. The van der Waals surface area contributed by atoms with Gasteiger partial charge < -0.3 is 9.80 Å². The van der Waals surface area contributed by atoms with Gasteiger partial charge >= 0.3 is 0 Å². The Bertz CT molecular complexity index is 659. The number of hydrogen-bond donors (Lipinski definition) is 0. The van der Waals surface area contributed by atoms with Crippen LogP contribution in [0.1, 0.15) is 51.4 Å². The van der Waals surface area contributed by atoms with Crippen LogP contribution < -0.4 is 0 Å². The van der Waals surface area contributed by atoms with E-state index < -0.39 is 9.84 Å². The zero-order valence-electron chi connectivity index (χ0n) is 14.8. The molecule has 0 aromatic rings. The third-order valence-corrected chi connectivity index (χ3v) is 8.28. The average Bonchev–Trinajstić information content (AvgIpc) is 3.42. The quantitative estimate of drug-likeness (QED) is 0.734. The number of carbonyl (C=O) groups excluding carboxylic acids is 2. The Hall–Kier alpha value is -1.11. The largest absolute Gasteiger partial charge is 0.342 e. The van der Waals surface area contributed by atoms with Crippen molar-refractivity contribution >= 4 is 21.7 Å². The van der Waals surface area contributed by atoms with Crippen LogP contribution in [-0.2, 0) is 19.4 Å². The Morgan fingerprint density at radius 1 is 1.04 bits per heavy atom. The average molecular weight is 368 g/mol. The molecule has 6 nitrogen and oxygen atoms in total. The summed E-state index contributed by atoms with van der Waals surface area (Å²) in [5.74, 6) is 0.583. The van der Waals surface area contributed by atoms with Crippen molar-refractivity contribution in [2.75, 3.05) is 31.1 Å². The summed E-state index contributed by atoms with van der Waals surface area (Å²) < 4.78 is 23.2. The maximum atomic E-state index is 12.9. The zero-order chi connectivity index (χ0) is 17.7. The highest BCUT2D eigenvalue weighted by molar-refractivity contribution is 7.91.